The van der Waals surface area contributed by atoms with Gasteiger partial charge in [0.05, 0.1) is 38.8 Å². The molecule has 0 bridgehead atoms. The van der Waals surface area contributed by atoms with Crippen molar-refractivity contribution in [2.75, 3.05) is 27.1 Å². The van der Waals surface area contributed by atoms with Gasteiger partial charge in [-0.05, 0) is 49.4 Å². The highest BCUT2D eigenvalue weighted by atomic mass is 16.7. The van der Waals surface area contributed by atoms with Gasteiger partial charge >= 0.3 is 0 Å². The van der Waals surface area contributed by atoms with Crippen LogP contribution in [0.1, 0.15) is 39.0 Å². The van der Waals surface area contributed by atoms with Gasteiger partial charge < -0.3 is 18.9 Å². The summed E-state index contributed by atoms with van der Waals surface area (Å²) in [4.78, 5) is 4.16. The van der Waals surface area contributed by atoms with Crippen molar-refractivity contribution in [2.45, 2.75) is 45.1 Å². The summed E-state index contributed by atoms with van der Waals surface area (Å²) in [6.45, 7) is 8.87. The Hall–Kier alpha value is -1.59. The van der Waals surface area contributed by atoms with E-state index in [1.807, 2.05) is 6.07 Å². The highest BCUT2D eigenvalue weighted by Gasteiger charge is 2.53. The summed E-state index contributed by atoms with van der Waals surface area (Å²) in [5.41, 5.74) is 1.65. The maximum atomic E-state index is 6.00. The predicted octanol–water partition coefficient (Wildman–Crippen LogP) is 4.23. The van der Waals surface area contributed by atoms with Crippen molar-refractivity contribution in [1.29, 1.82) is 0 Å². The molecule has 0 aromatic carbocycles. The second-order valence-corrected chi connectivity index (χ2v) is 8.46. The minimum Gasteiger partial charge on any atom is -0.495 e. The van der Waals surface area contributed by atoms with E-state index in [1.165, 1.54) is 18.4 Å². The SMILES string of the molecule is C=C1CCC2C3COCOC3CCC2(C)C1CCOc1cncc(OC)c1. The first-order valence-electron chi connectivity index (χ1n) is 10.1. The first-order chi connectivity index (χ1) is 13.1. The van der Waals surface area contributed by atoms with E-state index in [4.69, 9.17) is 18.9 Å². The lowest BCUT2D eigenvalue weighted by Crippen LogP contribution is -2.54. The van der Waals surface area contributed by atoms with E-state index < -0.39 is 0 Å². The molecule has 5 atom stereocenters. The van der Waals surface area contributed by atoms with Gasteiger partial charge in [0.2, 0.25) is 0 Å². The van der Waals surface area contributed by atoms with Crippen LogP contribution in [-0.4, -0.2) is 38.2 Å². The minimum absolute atomic E-state index is 0.260. The third-order valence-corrected chi connectivity index (χ3v) is 7.15. The fraction of sp³-hybridized carbons (Fsp3) is 0.682. The molecule has 2 saturated carbocycles. The normalized spacial score (nSPS) is 35.9. The summed E-state index contributed by atoms with van der Waals surface area (Å²) < 4.78 is 22.8. The molecule has 0 N–H and O–H groups in total. The van der Waals surface area contributed by atoms with Crippen LogP contribution in [0.3, 0.4) is 0 Å². The van der Waals surface area contributed by atoms with Crippen molar-refractivity contribution >= 4 is 0 Å². The second kappa shape index (κ2) is 7.80. The number of aromatic nitrogens is 1. The molecular formula is C22H31NO4. The van der Waals surface area contributed by atoms with Crippen molar-refractivity contribution in [2.24, 2.45) is 23.2 Å². The maximum Gasteiger partial charge on any atom is 0.147 e. The number of allylic oxidation sites excluding steroid dienone is 1. The number of nitrogens with zero attached hydrogens (tertiary/aromatic N) is 1. The molecule has 2 heterocycles. The van der Waals surface area contributed by atoms with Gasteiger partial charge in [-0.1, -0.05) is 19.1 Å². The van der Waals surface area contributed by atoms with Crippen LogP contribution in [0.5, 0.6) is 11.5 Å². The van der Waals surface area contributed by atoms with Crippen LogP contribution in [0, 0.1) is 23.2 Å². The molecule has 1 aromatic rings. The van der Waals surface area contributed by atoms with E-state index in [1.54, 1.807) is 19.5 Å². The zero-order valence-corrected chi connectivity index (χ0v) is 16.5. The molecule has 4 rings (SSSR count). The van der Waals surface area contributed by atoms with Crippen molar-refractivity contribution in [3.05, 3.63) is 30.6 Å². The van der Waals surface area contributed by atoms with Crippen molar-refractivity contribution in [3.63, 3.8) is 0 Å². The fourth-order valence-corrected chi connectivity index (χ4v) is 5.73. The number of methoxy groups -OCH3 is 1. The van der Waals surface area contributed by atoms with Crippen molar-refractivity contribution in [1.82, 2.24) is 4.98 Å². The summed E-state index contributed by atoms with van der Waals surface area (Å²) in [6.07, 6.45) is 9.44. The van der Waals surface area contributed by atoms with E-state index in [0.29, 0.717) is 37.3 Å². The Kier molecular flexibility index (Phi) is 5.42. The molecule has 1 saturated heterocycles. The van der Waals surface area contributed by atoms with E-state index in [0.717, 1.165) is 37.4 Å². The molecule has 5 unspecified atom stereocenters. The van der Waals surface area contributed by atoms with E-state index in [-0.39, 0.29) is 5.41 Å². The van der Waals surface area contributed by atoms with Crippen LogP contribution in [0.15, 0.2) is 30.6 Å². The molecule has 1 aromatic heterocycles. The number of pyridine rings is 1. The second-order valence-electron chi connectivity index (χ2n) is 8.46. The molecule has 5 heteroatoms. The lowest BCUT2D eigenvalue weighted by molar-refractivity contribution is -0.218. The lowest BCUT2D eigenvalue weighted by Gasteiger charge is -2.57. The number of ether oxygens (including phenoxy) is 4. The van der Waals surface area contributed by atoms with Crippen LogP contribution < -0.4 is 9.47 Å². The molecule has 3 aliphatic rings. The first-order valence-corrected chi connectivity index (χ1v) is 10.1. The Labute approximate surface area is 162 Å². The molecule has 5 nitrogen and oxygen atoms in total. The predicted molar refractivity (Wildman–Crippen MR) is 103 cm³/mol. The monoisotopic (exact) mass is 373 g/mol. The number of rotatable bonds is 5. The Balaban J connectivity index is 1.43. The highest BCUT2D eigenvalue weighted by molar-refractivity contribution is 5.28. The van der Waals surface area contributed by atoms with Crippen molar-refractivity contribution in [3.8, 4) is 11.5 Å². The fourth-order valence-electron chi connectivity index (χ4n) is 5.73. The highest BCUT2D eigenvalue weighted by Crippen LogP contribution is 2.58. The average Bonchev–Trinajstić information content (AvgIpc) is 2.70. The van der Waals surface area contributed by atoms with Gasteiger partial charge in [-0.3, -0.25) is 4.98 Å². The molecule has 27 heavy (non-hydrogen) atoms. The summed E-state index contributed by atoms with van der Waals surface area (Å²) in [5.74, 6) is 3.13. The molecular weight excluding hydrogens is 342 g/mol. The number of hydrogen-bond donors (Lipinski definition) is 0. The zero-order chi connectivity index (χ0) is 18.9. The van der Waals surface area contributed by atoms with E-state index in [2.05, 4.69) is 18.5 Å². The third-order valence-electron chi connectivity index (χ3n) is 7.15. The van der Waals surface area contributed by atoms with Gasteiger partial charge in [0, 0.05) is 12.0 Å². The standard InChI is InChI=1S/C22H31NO4/c1-15-4-5-20-18-13-25-14-27-21(18)6-8-22(20,2)19(15)7-9-26-17-10-16(24-3)11-23-12-17/h10-12,18-21H,1,4-9,13-14H2,2-3H3. The van der Waals surface area contributed by atoms with Crippen LogP contribution in [-0.2, 0) is 9.47 Å². The number of fused-ring (bicyclic) bond motifs is 3. The van der Waals surface area contributed by atoms with Gasteiger partial charge in [0.25, 0.3) is 0 Å². The zero-order valence-electron chi connectivity index (χ0n) is 16.5. The van der Waals surface area contributed by atoms with Gasteiger partial charge in [-0.2, -0.15) is 0 Å². The van der Waals surface area contributed by atoms with Crippen molar-refractivity contribution < 1.29 is 18.9 Å². The van der Waals surface area contributed by atoms with Crippen LogP contribution >= 0.6 is 0 Å². The summed E-state index contributed by atoms with van der Waals surface area (Å²) >= 11 is 0. The Morgan fingerprint density at radius 2 is 2.15 bits per heavy atom. The first kappa shape index (κ1) is 18.8. The Morgan fingerprint density at radius 3 is 3.00 bits per heavy atom. The molecule has 0 radical (unpaired) electrons. The Morgan fingerprint density at radius 1 is 1.30 bits per heavy atom. The van der Waals surface area contributed by atoms with E-state index in [9.17, 15) is 0 Å². The minimum atomic E-state index is 0.260. The topological polar surface area (TPSA) is 49.8 Å². The molecule has 3 fully saturated rings. The summed E-state index contributed by atoms with van der Waals surface area (Å²) in [6, 6.07) is 1.88. The smallest absolute Gasteiger partial charge is 0.147 e. The van der Waals surface area contributed by atoms with Crippen LogP contribution in [0.4, 0.5) is 0 Å². The Bertz CT molecular complexity index is 678. The lowest BCUT2D eigenvalue weighted by atomic mass is 9.50. The van der Waals surface area contributed by atoms with Crippen LogP contribution in [0.25, 0.3) is 0 Å². The van der Waals surface area contributed by atoms with Gasteiger partial charge in [0.1, 0.15) is 18.3 Å². The molecule has 2 aliphatic carbocycles. The van der Waals surface area contributed by atoms with E-state index >= 15 is 0 Å². The average molecular weight is 373 g/mol. The van der Waals surface area contributed by atoms with Gasteiger partial charge in [0.15, 0.2) is 0 Å². The van der Waals surface area contributed by atoms with Gasteiger partial charge in [-0.15, -0.1) is 0 Å². The molecule has 0 amide bonds. The largest absolute Gasteiger partial charge is 0.495 e. The van der Waals surface area contributed by atoms with Gasteiger partial charge in [-0.25, -0.2) is 0 Å². The summed E-state index contributed by atoms with van der Waals surface area (Å²) in [5, 5.41) is 0. The van der Waals surface area contributed by atoms with Crippen LogP contribution in [0.2, 0.25) is 0 Å². The summed E-state index contributed by atoms with van der Waals surface area (Å²) in [7, 11) is 1.64. The molecule has 1 aliphatic heterocycles. The third kappa shape index (κ3) is 3.59. The molecule has 148 valence electrons. The quantitative estimate of drug-likeness (QED) is 0.723. The molecule has 0 spiro atoms. The maximum absolute atomic E-state index is 6.00. The number of hydrogen-bond acceptors (Lipinski definition) is 5.